The van der Waals surface area contributed by atoms with Gasteiger partial charge in [-0.3, -0.25) is 4.79 Å². The second-order valence-electron chi connectivity index (χ2n) is 6.22. The molecule has 0 spiro atoms. The van der Waals surface area contributed by atoms with E-state index in [9.17, 15) is 9.18 Å². The first-order valence-corrected chi connectivity index (χ1v) is 8.35. The average molecular weight is 330 g/mol. The topological polar surface area (TPSA) is 41.4 Å². The molecule has 0 unspecified atom stereocenters. The van der Waals surface area contributed by atoms with E-state index in [1.54, 1.807) is 17.2 Å². The minimum Gasteiger partial charge on any atom is -0.373 e. The summed E-state index contributed by atoms with van der Waals surface area (Å²) in [7, 11) is 1.94. The Balaban J connectivity index is 1.70. The number of hydrogen-bond donors (Lipinski definition) is 0. The molecule has 0 saturated heterocycles. The summed E-state index contributed by atoms with van der Waals surface area (Å²) in [4.78, 5) is 20.7. The lowest BCUT2D eigenvalue weighted by Gasteiger charge is -2.24. The number of rotatable bonds is 4. The Morgan fingerprint density at radius 1 is 1.29 bits per heavy atom. The van der Waals surface area contributed by atoms with Crippen molar-refractivity contribution >= 4 is 17.3 Å². The number of carbonyl (C=O) groups is 1. The van der Waals surface area contributed by atoms with E-state index in [2.05, 4.69) is 4.98 Å². The summed E-state index contributed by atoms with van der Waals surface area (Å²) in [6.07, 6.45) is 5.81. The highest BCUT2D eigenvalue weighted by Crippen LogP contribution is 2.32. The van der Waals surface area contributed by atoms with E-state index >= 15 is 0 Å². The van der Waals surface area contributed by atoms with Crippen LogP contribution in [0, 0.1) is 12.7 Å². The Bertz CT molecular complexity index is 728. The third-order valence-electron chi connectivity index (χ3n) is 4.53. The van der Waals surface area contributed by atoms with Crippen LogP contribution in [0.3, 0.4) is 0 Å². The normalized spacial score (nSPS) is 14.5. The smallest absolute Gasteiger partial charge is 0.227 e. The lowest BCUT2D eigenvalue weighted by atomic mass is 10.2. The second kappa shape index (κ2) is 7.03. The standard InChI is InChI=1S/C18H23FN4O/c1-14-20-8-12-22(14)10-3-5-18(24)23-11-4-9-21(2)17-13-15(19)6-7-16(17)23/h6-8,12-13H,3-5,9-11H2,1-2H3. The highest BCUT2D eigenvalue weighted by atomic mass is 19.1. The molecule has 1 amide bonds. The first kappa shape index (κ1) is 16.5. The average Bonchev–Trinajstić information content (AvgIpc) is 2.89. The fourth-order valence-corrected chi connectivity index (χ4v) is 3.17. The van der Waals surface area contributed by atoms with Crippen molar-refractivity contribution in [2.45, 2.75) is 32.7 Å². The van der Waals surface area contributed by atoms with Gasteiger partial charge in [0.25, 0.3) is 0 Å². The molecule has 3 rings (SSSR count). The van der Waals surface area contributed by atoms with Crippen LogP contribution in [0.4, 0.5) is 15.8 Å². The number of imidazole rings is 1. The fourth-order valence-electron chi connectivity index (χ4n) is 3.17. The van der Waals surface area contributed by atoms with Gasteiger partial charge >= 0.3 is 0 Å². The van der Waals surface area contributed by atoms with Gasteiger partial charge in [-0.25, -0.2) is 9.37 Å². The number of carbonyl (C=O) groups excluding carboxylic acids is 1. The molecule has 128 valence electrons. The molecule has 1 aromatic carbocycles. The molecule has 0 radical (unpaired) electrons. The first-order valence-electron chi connectivity index (χ1n) is 8.35. The highest BCUT2D eigenvalue weighted by molar-refractivity contribution is 5.97. The number of amides is 1. The second-order valence-corrected chi connectivity index (χ2v) is 6.22. The molecule has 0 saturated carbocycles. The van der Waals surface area contributed by atoms with Crippen LogP contribution in [-0.4, -0.2) is 35.6 Å². The number of aryl methyl sites for hydroxylation is 2. The number of fused-ring (bicyclic) bond motifs is 1. The summed E-state index contributed by atoms with van der Waals surface area (Å²) in [5.41, 5.74) is 1.59. The van der Waals surface area contributed by atoms with Crippen LogP contribution in [0.1, 0.15) is 25.1 Å². The summed E-state index contributed by atoms with van der Waals surface area (Å²) >= 11 is 0. The van der Waals surface area contributed by atoms with E-state index in [1.165, 1.54) is 12.1 Å². The fraction of sp³-hybridized carbons (Fsp3) is 0.444. The minimum absolute atomic E-state index is 0.0935. The Kier molecular flexibility index (Phi) is 4.83. The molecule has 2 aromatic rings. The minimum atomic E-state index is -0.273. The molecular formula is C18H23FN4O. The number of nitrogens with zero attached hydrogens (tertiary/aromatic N) is 4. The molecule has 1 aromatic heterocycles. The Morgan fingerprint density at radius 3 is 2.88 bits per heavy atom. The molecule has 6 heteroatoms. The first-order chi connectivity index (χ1) is 11.6. The predicted molar refractivity (Wildman–Crippen MR) is 92.8 cm³/mol. The molecule has 1 aliphatic rings. The maximum Gasteiger partial charge on any atom is 0.227 e. The number of halogens is 1. The molecular weight excluding hydrogens is 307 g/mol. The van der Waals surface area contributed by atoms with Crippen LogP contribution in [0.25, 0.3) is 0 Å². The molecule has 1 aliphatic heterocycles. The number of benzene rings is 1. The van der Waals surface area contributed by atoms with Crippen molar-refractivity contribution < 1.29 is 9.18 Å². The van der Waals surface area contributed by atoms with Crippen LogP contribution in [0.15, 0.2) is 30.6 Å². The van der Waals surface area contributed by atoms with Gasteiger partial charge in [0.15, 0.2) is 0 Å². The van der Waals surface area contributed by atoms with E-state index in [4.69, 9.17) is 0 Å². The van der Waals surface area contributed by atoms with Crippen molar-refractivity contribution in [2.75, 3.05) is 29.9 Å². The van der Waals surface area contributed by atoms with E-state index in [0.717, 1.165) is 43.1 Å². The zero-order valence-electron chi connectivity index (χ0n) is 14.2. The van der Waals surface area contributed by atoms with Gasteiger partial charge in [-0.05, 0) is 38.0 Å². The molecule has 0 bridgehead atoms. The Morgan fingerprint density at radius 2 is 2.12 bits per heavy atom. The number of anilines is 2. The Hall–Kier alpha value is -2.37. The van der Waals surface area contributed by atoms with E-state index < -0.39 is 0 Å². The molecule has 5 nitrogen and oxygen atoms in total. The van der Waals surface area contributed by atoms with E-state index in [0.29, 0.717) is 13.0 Å². The van der Waals surface area contributed by atoms with Crippen molar-refractivity contribution in [3.63, 3.8) is 0 Å². The lowest BCUT2D eigenvalue weighted by molar-refractivity contribution is -0.118. The summed E-state index contributed by atoms with van der Waals surface area (Å²) in [6.45, 7) is 4.22. The van der Waals surface area contributed by atoms with Crippen molar-refractivity contribution in [1.82, 2.24) is 9.55 Å². The largest absolute Gasteiger partial charge is 0.373 e. The third kappa shape index (κ3) is 3.42. The molecule has 0 N–H and O–H groups in total. The van der Waals surface area contributed by atoms with Gasteiger partial charge in [-0.1, -0.05) is 0 Å². The zero-order valence-corrected chi connectivity index (χ0v) is 14.2. The molecule has 0 aliphatic carbocycles. The van der Waals surface area contributed by atoms with Gasteiger partial charge in [0.05, 0.1) is 11.4 Å². The lowest BCUT2D eigenvalue weighted by Crippen LogP contribution is -2.31. The van der Waals surface area contributed by atoms with Crippen LogP contribution >= 0.6 is 0 Å². The van der Waals surface area contributed by atoms with Crippen molar-refractivity contribution in [3.05, 3.63) is 42.2 Å². The molecule has 2 heterocycles. The quantitative estimate of drug-likeness (QED) is 0.865. The van der Waals surface area contributed by atoms with Gasteiger partial charge in [0, 0.05) is 45.5 Å². The van der Waals surface area contributed by atoms with Gasteiger partial charge in [0.1, 0.15) is 11.6 Å². The van der Waals surface area contributed by atoms with Crippen LogP contribution in [0.5, 0.6) is 0 Å². The highest BCUT2D eigenvalue weighted by Gasteiger charge is 2.23. The van der Waals surface area contributed by atoms with Crippen LogP contribution in [0.2, 0.25) is 0 Å². The summed E-state index contributed by atoms with van der Waals surface area (Å²) in [6, 6.07) is 4.65. The Labute approximate surface area is 141 Å². The van der Waals surface area contributed by atoms with Gasteiger partial charge in [0.2, 0.25) is 5.91 Å². The number of aromatic nitrogens is 2. The SMILES string of the molecule is Cc1nccn1CCCC(=O)N1CCCN(C)c2cc(F)ccc21. The van der Waals surface area contributed by atoms with Crippen molar-refractivity contribution in [3.8, 4) is 0 Å². The van der Waals surface area contributed by atoms with Crippen molar-refractivity contribution in [2.24, 2.45) is 0 Å². The van der Waals surface area contributed by atoms with E-state index in [1.807, 2.05) is 29.6 Å². The monoisotopic (exact) mass is 330 g/mol. The molecule has 0 atom stereocenters. The predicted octanol–water partition coefficient (Wildman–Crippen LogP) is 2.98. The maximum absolute atomic E-state index is 13.6. The van der Waals surface area contributed by atoms with Crippen molar-refractivity contribution in [1.29, 1.82) is 0 Å². The van der Waals surface area contributed by atoms with Gasteiger partial charge < -0.3 is 14.4 Å². The van der Waals surface area contributed by atoms with Gasteiger partial charge in [-0.15, -0.1) is 0 Å². The zero-order chi connectivity index (χ0) is 17.1. The summed E-state index contributed by atoms with van der Waals surface area (Å²) in [5, 5.41) is 0. The third-order valence-corrected chi connectivity index (χ3v) is 4.53. The van der Waals surface area contributed by atoms with Crippen LogP contribution < -0.4 is 9.80 Å². The number of hydrogen-bond acceptors (Lipinski definition) is 3. The van der Waals surface area contributed by atoms with Gasteiger partial charge in [-0.2, -0.15) is 0 Å². The molecule has 0 fully saturated rings. The molecule has 24 heavy (non-hydrogen) atoms. The summed E-state index contributed by atoms with van der Waals surface area (Å²) < 4.78 is 15.6. The maximum atomic E-state index is 13.6. The summed E-state index contributed by atoms with van der Waals surface area (Å²) in [5.74, 6) is 0.779. The van der Waals surface area contributed by atoms with E-state index in [-0.39, 0.29) is 11.7 Å². The van der Waals surface area contributed by atoms with Crippen LogP contribution in [-0.2, 0) is 11.3 Å².